The molecule has 0 heterocycles. The molecule has 122 valence electrons. The van der Waals surface area contributed by atoms with Crippen molar-refractivity contribution >= 4 is 28.9 Å². The highest BCUT2D eigenvalue weighted by molar-refractivity contribution is 6.31. The van der Waals surface area contributed by atoms with Crippen molar-refractivity contribution in [2.75, 3.05) is 17.7 Å². The summed E-state index contributed by atoms with van der Waals surface area (Å²) >= 11 is 5.70. The average molecular weight is 345 g/mol. The molecule has 0 bridgehead atoms. The van der Waals surface area contributed by atoms with Crippen molar-refractivity contribution in [3.63, 3.8) is 0 Å². The Hall–Kier alpha value is -2.41. The van der Waals surface area contributed by atoms with Crippen LogP contribution in [0.25, 0.3) is 0 Å². The van der Waals surface area contributed by atoms with Crippen LogP contribution in [0.1, 0.15) is 10.4 Å². The third kappa shape index (κ3) is 4.79. The number of nitrogen functional groups attached to an aromatic ring is 1. The van der Waals surface area contributed by atoms with Gasteiger partial charge in [0.1, 0.15) is 18.2 Å². The fourth-order valence-corrected chi connectivity index (χ4v) is 2.05. The summed E-state index contributed by atoms with van der Waals surface area (Å²) in [5.41, 5.74) is 5.91. The zero-order valence-electron chi connectivity index (χ0n) is 11.7. The lowest BCUT2D eigenvalue weighted by Gasteiger charge is -2.12. The third-order valence-electron chi connectivity index (χ3n) is 2.73. The summed E-state index contributed by atoms with van der Waals surface area (Å²) in [7, 11) is 0. The molecule has 0 aliphatic heterocycles. The van der Waals surface area contributed by atoms with Gasteiger partial charge in [0.25, 0.3) is 12.3 Å². The smallest absolute Gasteiger partial charge is 0.272 e. The molecule has 0 aliphatic rings. The summed E-state index contributed by atoms with van der Waals surface area (Å²) in [5, 5.41) is 2.51. The highest BCUT2D eigenvalue weighted by atomic mass is 35.5. The molecule has 23 heavy (non-hydrogen) atoms. The Balaban J connectivity index is 2.25. The molecule has 4 nitrogen and oxygen atoms in total. The van der Waals surface area contributed by atoms with Gasteiger partial charge >= 0.3 is 0 Å². The van der Waals surface area contributed by atoms with E-state index in [1.54, 1.807) is 0 Å². The van der Waals surface area contributed by atoms with E-state index in [-0.39, 0.29) is 27.7 Å². The lowest BCUT2D eigenvalue weighted by atomic mass is 10.1. The summed E-state index contributed by atoms with van der Waals surface area (Å²) in [5.74, 6) is -1.38. The molecule has 0 radical (unpaired) electrons. The van der Waals surface area contributed by atoms with Crippen molar-refractivity contribution in [3.05, 3.63) is 52.8 Å². The largest absolute Gasteiger partial charge is 0.487 e. The maximum absolute atomic E-state index is 13.3. The molecule has 0 spiro atoms. The van der Waals surface area contributed by atoms with Gasteiger partial charge in [0.05, 0.1) is 5.56 Å². The summed E-state index contributed by atoms with van der Waals surface area (Å²) in [4.78, 5) is 12.3. The first kappa shape index (κ1) is 17.0. The topological polar surface area (TPSA) is 64.3 Å². The molecule has 8 heteroatoms. The van der Waals surface area contributed by atoms with Gasteiger partial charge in [0.2, 0.25) is 0 Å². The van der Waals surface area contributed by atoms with E-state index < -0.39 is 24.8 Å². The second-order valence-corrected chi connectivity index (χ2v) is 5.01. The first-order valence-corrected chi connectivity index (χ1v) is 6.81. The van der Waals surface area contributed by atoms with Crippen molar-refractivity contribution < 1.29 is 22.7 Å². The number of nitrogens with two attached hydrogens (primary N) is 1. The van der Waals surface area contributed by atoms with Crippen LogP contribution in [0.2, 0.25) is 5.02 Å². The second-order valence-electron chi connectivity index (χ2n) is 4.57. The number of nitrogens with one attached hydrogen (secondary N) is 1. The number of carbonyl (C=O) groups excluding carboxylic acids is 1. The van der Waals surface area contributed by atoms with E-state index in [0.29, 0.717) is 0 Å². The fraction of sp³-hybridized carbons (Fsp3) is 0.133. The summed E-state index contributed by atoms with van der Waals surface area (Å²) in [6.07, 6.45) is -2.69. The van der Waals surface area contributed by atoms with Crippen LogP contribution in [-0.4, -0.2) is 18.9 Å². The van der Waals surface area contributed by atoms with E-state index in [1.807, 2.05) is 0 Å². The van der Waals surface area contributed by atoms with Gasteiger partial charge in [-0.3, -0.25) is 4.79 Å². The lowest BCUT2D eigenvalue weighted by molar-refractivity contribution is 0.0803. The number of halogens is 4. The first-order chi connectivity index (χ1) is 10.8. The number of amides is 1. The van der Waals surface area contributed by atoms with Crippen LogP contribution in [0.5, 0.6) is 5.75 Å². The van der Waals surface area contributed by atoms with Crippen molar-refractivity contribution in [1.82, 2.24) is 0 Å². The van der Waals surface area contributed by atoms with Gasteiger partial charge in [-0.25, -0.2) is 13.2 Å². The number of benzene rings is 2. The van der Waals surface area contributed by atoms with E-state index >= 15 is 0 Å². The van der Waals surface area contributed by atoms with Crippen LogP contribution in [0.3, 0.4) is 0 Å². The van der Waals surface area contributed by atoms with Crippen LogP contribution >= 0.6 is 11.6 Å². The van der Waals surface area contributed by atoms with Gasteiger partial charge < -0.3 is 15.8 Å². The van der Waals surface area contributed by atoms with Crippen LogP contribution in [0, 0.1) is 5.82 Å². The molecule has 0 saturated heterocycles. The molecule has 0 aliphatic carbocycles. The van der Waals surface area contributed by atoms with Crippen molar-refractivity contribution in [3.8, 4) is 5.75 Å². The van der Waals surface area contributed by atoms with Gasteiger partial charge in [0, 0.05) is 16.4 Å². The van der Waals surface area contributed by atoms with E-state index in [1.165, 1.54) is 24.3 Å². The van der Waals surface area contributed by atoms with Crippen LogP contribution in [0.15, 0.2) is 36.4 Å². The number of hydrogen-bond donors (Lipinski definition) is 2. The Labute approximate surface area is 135 Å². The molecular weight excluding hydrogens is 333 g/mol. The van der Waals surface area contributed by atoms with Crippen molar-refractivity contribution in [2.45, 2.75) is 6.43 Å². The van der Waals surface area contributed by atoms with Crippen LogP contribution < -0.4 is 15.8 Å². The third-order valence-corrected chi connectivity index (χ3v) is 2.95. The van der Waals surface area contributed by atoms with Gasteiger partial charge in [-0.05, 0) is 36.4 Å². The standard InChI is InChI=1S/C15H12ClF3N2O2/c16-8-3-9(17)5-11(4-8)21-15(22)12-6-10(20)1-2-13(12)23-7-14(18)19/h1-6,14H,7,20H2,(H,21,22). The Morgan fingerprint density at radius 1 is 1.26 bits per heavy atom. The molecule has 3 N–H and O–H groups in total. The molecular formula is C15H12ClF3N2O2. The summed E-state index contributed by atoms with van der Waals surface area (Å²) < 4.78 is 42.7. The van der Waals surface area contributed by atoms with Gasteiger partial charge in [-0.2, -0.15) is 0 Å². The summed E-state index contributed by atoms with van der Waals surface area (Å²) in [6, 6.07) is 7.48. The lowest BCUT2D eigenvalue weighted by Crippen LogP contribution is -2.16. The van der Waals surface area contributed by atoms with E-state index in [0.717, 1.165) is 12.1 Å². The Morgan fingerprint density at radius 2 is 2.00 bits per heavy atom. The monoisotopic (exact) mass is 344 g/mol. The number of hydrogen-bond acceptors (Lipinski definition) is 3. The zero-order chi connectivity index (χ0) is 17.0. The highest BCUT2D eigenvalue weighted by Gasteiger charge is 2.16. The molecule has 1 amide bonds. The molecule has 2 aromatic carbocycles. The van der Waals surface area contributed by atoms with Crippen molar-refractivity contribution in [1.29, 1.82) is 0 Å². The fourth-order valence-electron chi connectivity index (χ4n) is 1.83. The van der Waals surface area contributed by atoms with Gasteiger partial charge in [-0.1, -0.05) is 11.6 Å². The number of ether oxygens (including phenoxy) is 1. The zero-order valence-corrected chi connectivity index (χ0v) is 12.4. The van der Waals surface area contributed by atoms with Crippen LogP contribution in [0.4, 0.5) is 24.5 Å². The van der Waals surface area contributed by atoms with Gasteiger partial charge in [-0.15, -0.1) is 0 Å². The molecule has 0 atom stereocenters. The SMILES string of the molecule is Nc1ccc(OCC(F)F)c(C(=O)Nc2cc(F)cc(Cl)c2)c1. The molecule has 0 aromatic heterocycles. The minimum absolute atomic E-state index is 0.0500. The number of anilines is 2. The highest BCUT2D eigenvalue weighted by Crippen LogP contribution is 2.24. The number of alkyl halides is 2. The molecule has 2 rings (SSSR count). The number of rotatable bonds is 5. The minimum Gasteiger partial charge on any atom is -0.487 e. The van der Waals surface area contributed by atoms with Gasteiger partial charge in [0.15, 0.2) is 0 Å². The Morgan fingerprint density at radius 3 is 2.65 bits per heavy atom. The first-order valence-electron chi connectivity index (χ1n) is 6.43. The molecule has 2 aromatic rings. The van der Waals surface area contributed by atoms with Crippen molar-refractivity contribution in [2.24, 2.45) is 0 Å². The molecule has 0 unspecified atom stereocenters. The number of carbonyl (C=O) groups is 1. The Bertz CT molecular complexity index is 706. The predicted molar refractivity (Wildman–Crippen MR) is 81.7 cm³/mol. The van der Waals surface area contributed by atoms with E-state index in [9.17, 15) is 18.0 Å². The average Bonchev–Trinajstić information content (AvgIpc) is 2.44. The maximum Gasteiger partial charge on any atom is 0.272 e. The predicted octanol–water partition coefficient (Wildman–Crippen LogP) is 3.96. The second kappa shape index (κ2) is 7.23. The quantitative estimate of drug-likeness (QED) is 0.807. The minimum atomic E-state index is -2.69. The maximum atomic E-state index is 13.3. The summed E-state index contributed by atoms with van der Waals surface area (Å²) in [6.45, 7) is -0.865. The van der Waals surface area contributed by atoms with E-state index in [4.69, 9.17) is 22.1 Å². The molecule has 0 fully saturated rings. The normalized spacial score (nSPS) is 10.7. The Kier molecular flexibility index (Phi) is 5.33. The molecule has 0 saturated carbocycles. The van der Waals surface area contributed by atoms with E-state index in [2.05, 4.69) is 5.32 Å². The van der Waals surface area contributed by atoms with Crippen LogP contribution in [-0.2, 0) is 0 Å².